The number of ether oxygens (including phenoxy) is 1. The summed E-state index contributed by atoms with van der Waals surface area (Å²) in [6.45, 7) is 0. The number of aromatic nitrogens is 2. The van der Waals surface area contributed by atoms with Gasteiger partial charge in [0, 0.05) is 23.4 Å². The predicted molar refractivity (Wildman–Crippen MR) is 136 cm³/mol. The number of hydrogen-bond donors (Lipinski definition) is 2. The van der Waals surface area contributed by atoms with Crippen LogP contribution in [0.25, 0.3) is 16.9 Å². The van der Waals surface area contributed by atoms with E-state index in [0.29, 0.717) is 0 Å². The van der Waals surface area contributed by atoms with Gasteiger partial charge in [0.1, 0.15) is 17.1 Å². The van der Waals surface area contributed by atoms with Gasteiger partial charge >= 0.3 is 0 Å². The highest BCUT2D eigenvalue weighted by Gasteiger charge is 2.14. The molecule has 1 heterocycles. The Balaban J connectivity index is 1.57. The molecule has 0 unspecified atom stereocenters. The quantitative estimate of drug-likeness (QED) is 0.173. The van der Waals surface area contributed by atoms with Gasteiger partial charge in [-0.2, -0.15) is 10.2 Å². The molecule has 4 rings (SSSR count). The molecular formula is C24H20N6O3S. The summed E-state index contributed by atoms with van der Waals surface area (Å²) in [7, 11) is 1.61. The molecule has 2 N–H and O–H groups in total. The highest BCUT2D eigenvalue weighted by Crippen LogP contribution is 2.25. The van der Waals surface area contributed by atoms with Gasteiger partial charge in [-0.1, -0.05) is 30.3 Å². The molecule has 0 radical (unpaired) electrons. The minimum absolute atomic E-state index is 0.0819. The van der Waals surface area contributed by atoms with Gasteiger partial charge in [0.2, 0.25) is 0 Å². The normalized spacial score (nSPS) is 10.7. The standard InChI is InChI=1S/C24H20N6O3S/c1-33-20-13-11-17(12-14-20)23-18(16-29(28-23)19-7-3-2-4-8-19)15-25-27-24(34)26-21-9-5-6-10-22(21)30(31)32/h2-16H,1H3,(H2,26,27,34). The molecule has 0 aliphatic rings. The molecule has 10 heteroatoms. The maximum absolute atomic E-state index is 11.2. The summed E-state index contributed by atoms with van der Waals surface area (Å²) in [6, 6.07) is 23.5. The van der Waals surface area contributed by atoms with Crippen molar-refractivity contribution in [3.8, 4) is 22.7 Å². The number of rotatable bonds is 7. The second kappa shape index (κ2) is 10.4. The Hall–Kier alpha value is -4.57. The lowest BCUT2D eigenvalue weighted by atomic mass is 10.1. The van der Waals surface area contributed by atoms with Crippen molar-refractivity contribution in [3.63, 3.8) is 0 Å². The molecule has 34 heavy (non-hydrogen) atoms. The topological polar surface area (TPSA) is 107 Å². The molecule has 0 saturated carbocycles. The molecule has 0 saturated heterocycles. The number of nitro benzene ring substituents is 1. The maximum atomic E-state index is 11.2. The molecule has 170 valence electrons. The molecule has 0 fully saturated rings. The number of hydrogen-bond acceptors (Lipinski definition) is 6. The van der Waals surface area contributed by atoms with Crippen LogP contribution in [-0.4, -0.2) is 33.1 Å². The summed E-state index contributed by atoms with van der Waals surface area (Å²) >= 11 is 5.24. The van der Waals surface area contributed by atoms with Crippen molar-refractivity contribution in [2.24, 2.45) is 5.10 Å². The summed E-state index contributed by atoms with van der Waals surface area (Å²) in [5.74, 6) is 0.745. The lowest BCUT2D eigenvalue weighted by Crippen LogP contribution is -2.24. The highest BCUT2D eigenvalue weighted by atomic mass is 32.1. The number of hydrazone groups is 1. The van der Waals surface area contributed by atoms with Gasteiger partial charge in [-0.25, -0.2) is 4.68 Å². The van der Waals surface area contributed by atoms with Gasteiger partial charge < -0.3 is 10.1 Å². The Bertz CT molecular complexity index is 1340. The van der Waals surface area contributed by atoms with Crippen LogP contribution in [0.2, 0.25) is 0 Å². The van der Waals surface area contributed by atoms with Gasteiger partial charge in [-0.05, 0) is 54.7 Å². The van der Waals surface area contributed by atoms with Crippen molar-refractivity contribution >= 4 is 34.9 Å². The monoisotopic (exact) mass is 472 g/mol. The zero-order valence-corrected chi connectivity index (χ0v) is 18.9. The first-order chi connectivity index (χ1) is 16.5. The van der Waals surface area contributed by atoms with E-state index in [9.17, 15) is 10.1 Å². The third-order valence-corrected chi connectivity index (χ3v) is 5.04. The minimum atomic E-state index is -0.479. The molecule has 3 aromatic carbocycles. The van der Waals surface area contributed by atoms with E-state index in [2.05, 4.69) is 15.8 Å². The van der Waals surface area contributed by atoms with Gasteiger partial charge in [-0.3, -0.25) is 15.5 Å². The van der Waals surface area contributed by atoms with Crippen molar-refractivity contribution in [2.45, 2.75) is 0 Å². The van der Waals surface area contributed by atoms with Crippen LogP contribution in [0, 0.1) is 10.1 Å². The Morgan fingerprint density at radius 2 is 1.79 bits per heavy atom. The molecule has 0 atom stereocenters. The van der Waals surface area contributed by atoms with Gasteiger partial charge in [0.15, 0.2) is 5.11 Å². The molecule has 0 aliphatic carbocycles. The first-order valence-corrected chi connectivity index (χ1v) is 10.6. The van der Waals surface area contributed by atoms with Crippen molar-refractivity contribution in [1.82, 2.24) is 15.2 Å². The molecule has 0 bridgehead atoms. The Labute approximate surface area is 200 Å². The SMILES string of the molecule is COc1ccc(-c2nn(-c3ccccc3)cc2C=NNC(=S)Nc2ccccc2[N+](=O)[O-])cc1. The van der Waals surface area contributed by atoms with Gasteiger partial charge in [0.25, 0.3) is 5.69 Å². The molecular weight excluding hydrogens is 452 g/mol. The fourth-order valence-electron chi connectivity index (χ4n) is 3.22. The first-order valence-electron chi connectivity index (χ1n) is 10.2. The highest BCUT2D eigenvalue weighted by molar-refractivity contribution is 7.80. The van der Waals surface area contributed by atoms with Crippen LogP contribution in [0.3, 0.4) is 0 Å². The number of nitrogens with zero attached hydrogens (tertiary/aromatic N) is 4. The number of anilines is 1. The Morgan fingerprint density at radius 1 is 1.09 bits per heavy atom. The van der Waals surface area contributed by atoms with Crippen LogP contribution in [0.5, 0.6) is 5.75 Å². The zero-order chi connectivity index (χ0) is 23.9. The maximum Gasteiger partial charge on any atom is 0.292 e. The number of nitrogens with one attached hydrogen (secondary N) is 2. The van der Waals surface area contributed by atoms with E-state index in [0.717, 1.165) is 28.3 Å². The average molecular weight is 473 g/mol. The van der Waals surface area contributed by atoms with Crippen LogP contribution in [0.15, 0.2) is 90.2 Å². The van der Waals surface area contributed by atoms with E-state index in [1.807, 2.05) is 60.8 Å². The van der Waals surface area contributed by atoms with Crippen molar-refractivity contribution in [1.29, 1.82) is 0 Å². The van der Waals surface area contributed by atoms with Crippen LogP contribution in [0.4, 0.5) is 11.4 Å². The van der Waals surface area contributed by atoms with Crippen LogP contribution < -0.4 is 15.5 Å². The van der Waals surface area contributed by atoms with E-state index in [1.54, 1.807) is 36.2 Å². The fourth-order valence-corrected chi connectivity index (χ4v) is 3.38. The minimum Gasteiger partial charge on any atom is -0.497 e. The average Bonchev–Trinajstić information content (AvgIpc) is 3.29. The summed E-state index contributed by atoms with van der Waals surface area (Å²) in [5, 5.41) is 23.1. The largest absolute Gasteiger partial charge is 0.497 e. The Morgan fingerprint density at radius 3 is 2.50 bits per heavy atom. The van der Waals surface area contributed by atoms with E-state index in [-0.39, 0.29) is 16.5 Å². The molecule has 0 aliphatic heterocycles. The number of para-hydroxylation sites is 3. The van der Waals surface area contributed by atoms with Crippen molar-refractivity contribution in [2.75, 3.05) is 12.4 Å². The summed E-state index contributed by atoms with van der Waals surface area (Å²) < 4.78 is 7.02. The first kappa shape index (κ1) is 22.6. The second-order valence-electron chi connectivity index (χ2n) is 7.04. The zero-order valence-electron chi connectivity index (χ0n) is 18.1. The van der Waals surface area contributed by atoms with Crippen LogP contribution >= 0.6 is 12.2 Å². The fraction of sp³-hybridized carbons (Fsp3) is 0.0417. The molecule has 9 nitrogen and oxygen atoms in total. The van der Waals surface area contributed by atoms with E-state index >= 15 is 0 Å². The number of methoxy groups -OCH3 is 1. The summed E-state index contributed by atoms with van der Waals surface area (Å²) in [4.78, 5) is 10.7. The summed E-state index contributed by atoms with van der Waals surface area (Å²) in [6.07, 6.45) is 3.46. The molecule has 4 aromatic rings. The van der Waals surface area contributed by atoms with E-state index in [4.69, 9.17) is 22.1 Å². The van der Waals surface area contributed by atoms with Crippen LogP contribution in [-0.2, 0) is 0 Å². The molecule has 1 aromatic heterocycles. The van der Waals surface area contributed by atoms with Crippen molar-refractivity contribution in [3.05, 3.63) is 101 Å². The molecule has 0 amide bonds. The number of benzene rings is 3. The summed E-state index contributed by atoms with van der Waals surface area (Å²) in [5.41, 5.74) is 6.14. The predicted octanol–water partition coefficient (Wildman–Crippen LogP) is 4.78. The smallest absolute Gasteiger partial charge is 0.292 e. The van der Waals surface area contributed by atoms with Crippen molar-refractivity contribution < 1.29 is 9.66 Å². The van der Waals surface area contributed by atoms with Crippen LogP contribution in [0.1, 0.15) is 5.56 Å². The van der Waals surface area contributed by atoms with E-state index in [1.165, 1.54) is 6.07 Å². The third kappa shape index (κ3) is 5.25. The molecule has 0 spiro atoms. The lowest BCUT2D eigenvalue weighted by molar-refractivity contribution is -0.383. The second-order valence-corrected chi connectivity index (χ2v) is 7.45. The lowest BCUT2D eigenvalue weighted by Gasteiger charge is -2.07. The third-order valence-electron chi connectivity index (χ3n) is 4.85. The van der Waals surface area contributed by atoms with E-state index < -0.39 is 4.92 Å². The Kier molecular flexibility index (Phi) is 6.89. The number of thiocarbonyl (C=S) groups is 1. The van der Waals surface area contributed by atoms with Gasteiger partial charge in [0.05, 0.1) is 23.9 Å². The number of nitro groups is 1. The van der Waals surface area contributed by atoms with Gasteiger partial charge in [-0.15, -0.1) is 0 Å².